The lowest BCUT2D eigenvalue weighted by atomic mass is 10.2. The van der Waals surface area contributed by atoms with Crippen molar-refractivity contribution in [1.29, 1.82) is 0 Å². The summed E-state index contributed by atoms with van der Waals surface area (Å²) in [5.74, 6) is -0.0119. The molecule has 1 heterocycles. The molecule has 1 N–H and O–H groups in total. The zero-order valence-corrected chi connectivity index (χ0v) is 12.0. The molecule has 0 saturated heterocycles. The van der Waals surface area contributed by atoms with Crippen LogP contribution in [-0.4, -0.2) is 30.5 Å². The van der Waals surface area contributed by atoms with Crippen LogP contribution in [0.15, 0.2) is 45.9 Å². The summed E-state index contributed by atoms with van der Waals surface area (Å²) in [6.07, 6.45) is 4.25. The molecule has 18 heavy (non-hydrogen) atoms. The van der Waals surface area contributed by atoms with Gasteiger partial charge in [-0.1, -0.05) is 30.3 Å². The van der Waals surface area contributed by atoms with Gasteiger partial charge in [0.2, 0.25) is 0 Å². The van der Waals surface area contributed by atoms with Crippen LogP contribution in [0.25, 0.3) is 0 Å². The maximum Gasteiger partial charge on any atom is 0.258 e. The minimum atomic E-state index is -1.32. The zero-order valence-electron chi connectivity index (χ0n) is 11.2. The van der Waals surface area contributed by atoms with E-state index in [4.69, 9.17) is 0 Å². The van der Waals surface area contributed by atoms with Gasteiger partial charge in [0.05, 0.1) is 15.6 Å². The largest absolute Gasteiger partial charge is 0.355 e. The predicted molar refractivity (Wildman–Crippen MR) is 79.2 cm³/mol. The number of nitrogens with zero attached hydrogens (tertiary/aromatic N) is 1. The Kier molecular flexibility index (Phi) is 3.30. The number of carbonyl (C=O) groups excluding carboxylic acids is 1. The fraction of sp³-hybridized carbons (Fsp3) is 0.286. The minimum Gasteiger partial charge on any atom is -0.355 e. The predicted octanol–water partition coefficient (Wildman–Crippen LogP) is 2.49. The van der Waals surface area contributed by atoms with Gasteiger partial charge >= 0.3 is 0 Å². The van der Waals surface area contributed by atoms with Crippen LogP contribution < -0.4 is 5.32 Å². The normalized spacial score (nSPS) is 19.4. The van der Waals surface area contributed by atoms with Crippen LogP contribution in [0.4, 0.5) is 0 Å². The van der Waals surface area contributed by atoms with Gasteiger partial charge in [0.25, 0.3) is 5.91 Å². The molecule has 0 fully saturated rings. The molecule has 96 valence electrons. The molecule has 1 amide bonds. The van der Waals surface area contributed by atoms with Gasteiger partial charge in [0, 0.05) is 12.6 Å². The van der Waals surface area contributed by atoms with E-state index in [1.807, 2.05) is 37.3 Å². The van der Waals surface area contributed by atoms with E-state index >= 15 is 0 Å². The summed E-state index contributed by atoms with van der Waals surface area (Å²) in [5, 5.41) is 3.76. The van der Waals surface area contributed by atoms with Crippen LogP contribution in [0.2, 0.25) is 0 Å². The van der Waals surface area contributed by atoms with E-state index in [0.717, 1.165) is 21.2 Å². The average molecular weight is 262 g/mol. The number of likely N-dealkylation sites (N-methyl/N-ethyl adjacent to an activating group) is 1. The highest BCUT2D eigenvalue weighted by atomic mass is 32.3. The van der Waals surface area contributed by atoms with Crippen LogP contribution >= 0.6 is 10.0 Å². The number of nitrogens with one attached hydrogen (secondary N) is 1. The summed E-state index contributed by atoms with van der Waals surface area (Å²) in [6.45, 7) is 1.91. The van der Waals surface area contributed by atoms with Crippen LogP contribution in [0.3, 0.4) is 0 Å². The first-order chi connectivity index (χ1) is 8.48. The summed E-state index contributed by atoms with van der Waals surface area (Å²) in [7, 11) is 0.341. The van der Waals surface area contributed by atoms with E-state index < -0.39 is 10.0 Å². The van der Waals surface area contributed by atoms with E-state index in [2.05, 4.69) is 22.8 Å². The number of hydrogen-bond donors (Lipinski definition) is 1. The fourth-order valence-electron chi connectivity index (χ4n) is 2.23. The maximum absolute atomic E-state index is 12.0. The molecule has 2 rings (SSSR count). The number of benzene rings is 1. The molecule has 1 aliphatic rings. The van der Waals surface area contributed by atoms with Crippen LogP contribution in [0.5, 0.6) is 0 Å². The second-order valence-corrected chi connectivity index (χ2v) is 8.05. The Morgan fingerprint density at radius 3 is 2.39 bits per heavy atom. The zero-order chi connectivity index (χ0) is 13.3. The van der Waals surface area contributed by atoms with Gasteiger partial charge in [0.1, 0.15) is 0 Å². The van der Waals surface area contributed by atoms with Crippen molar-refractivity contribution in [2.24, 2.45) is 4.99 Å². The van der Waals surface area contributed by atoms with Crippen molar-refractivity contribution < 1.29 is 4.79 Å². The number of aliphatic imine (C=N–C) groups is 1. The molecule has 0 bridgehead atoms. The molecule has 0 saturated carbocycles. The Labute approximate surface area is 109 Å². The average Bonchev–Trinajstić information content (AvgIpc) is 2.59. The van der Waals surface area contributed by atoms with E-state index in [-0.39, 0.29) is 5.91 Å². The lowest BCUT2D eigenvalue weighted by molar-refractivity contribution is -0.116. The van der Waals surface area contributed by atoms with E-state index in [9.17, 15) is 4.79 Å². The van der Waals surface area contributed by atoms with Crippen LogP contribution in [0, 0.1) is 0 Å². The van der Waals surface area contributed by atoms with Crippen molar-refractivity contribution in [2.45, 2.75) is 6.92 Å². The second-order valence-electron chi connectivity index (χ2n) is 4.60. The third-order valence-electron chi connectivity index (χ3n) is 3.05. The van der Waals surface area contributed by atoms with Crippen LogP contribution in [0.1, 0.15) is 12.5 Å². The quantitative estimate of drug-likeness (QED) is 0.874. The molecule has 1 aliphatic heterocycles. The van der Waals surface area contributed by atoms with Crippen molar-refractivity contribution in [3.05, 3.63) is 46.5 Å². The molecular formula is C14H18N2OS. The van der Waals surface area contributed by atoms with Gasteiger partial charge in [-0.15, -0.1) is 0 Å². The third kappa shape index (κ3) is 1.97. The maximum atomic E-state index is 12.0. The van der Waals surface area contributed by atoms with Gasteiger partial charge in [-0.05, 0) is 19.4 Å². The summed E-state index contributed by atoms with van der Waals surface area (Å²) >= 11 is 0. The first-order valence-electron chi connectivity index (χ1n) is 5.79. The molecule has 0 spiro atoms. The lowest BCUT2D eigenvalue weighted by Gasteiger charge is -2.30. The standard InChI is InChI=1S/C14H18N2OS/c1-10-12(13(17)15-2)18(3,4)14(16-10)11-8-6-5-7-9-11/h5-9H,1-4H3,(H,15,17). The molecule has 4 heteroatoms. The molecule has 0 unspecified atom stereocenters. The highest BCUT2D eigenvalue weighted by Gasteiger charge is 2.35. The molecule has 0 atom stereocenters. The highest BCUT2D eigenvalue weighted by Crippen LogP contribution is 2.57. The van der Waals surface area contributed by atoms with E-state index in [1.54, 1.807) is 7.05 Å². The number of hydrogen-bond acceptors (Lipinski definition) is 2. The van der Waals surface area contributed by atoms with E-state index in [0.29, 0.717) is 0 Å². The third-order valence-corrected chi connectivity index (χ3v) is 5.84. The molecule has 0 aromatic heterocycles. The monoisotopic (exact) mass is 262 g/mol. The van der Waals surface area contributed by atoms with Crippen LogP contribution in [-0.2, 0) is 4.79 Å². The SMILES string of the molecule is CNC(=O)C1=C(C)N=C(c2ccccc2)S1(C)C. The summed E-state index contributed by atoms with van der Waals surface area (Å²) < 4.78 is 0. The van der Waals surface area contributed by atoms with Gasteiger partial charge in [-0.2, -0.15) is 10.0 Å². The second kappa shape index (κ2) is 4.61. The summed E-state index contributed by atoms with van der Waals surface area (Å²) in [5.41, 5.74) is 1.95. The van der Waals surface area contributed by atoms with Gasteiger partial charge in [-0.3, -0.25) is 4.79 Å². The Bertz CT molecular complexity index is 544. The Balaban J connectivity index is 2.46. The molecule has 3 nitrogen and oxygen atoms in total. The van der Waals surface area contributed by atoms with Gasteiger partial charge in [0.15, 0.2) is 0 Å². The van der Waals surface area contributed by atoms with Crippen molar-refractivity contribution in [2.75, 3.05) is 19.6 Å². The smallest absolute Gasteiger partial charge is 0.258 e. The Hall–Kier alpha value is -1.55. The molecular weight excluding hydrogens is 244 g/mol. The number of allylic oxidation sites excluding steroid dienone is 1. The van der Waals surface area contributed by atoms with Crippen molar-refractivity contribution in [3.8, 4) is 0 Å². The number of carbonyl (C=O) groups is 1. The molecule has 0 aliphatic carbocycles. The topological polar surface area (TPSA) is 41.5 Å². The fourth-order valence-corrected chi connectivity index (χ4v) is 4.87. The van der Waals surface area contributed by atoms with Crippen molar-refractivity contribution in [1.82, 2.24) is 5.32 Å². The van der Waals surface area contributed by atoms with E-state index in [1.165, 1.54) is 0 Å². The van der Waals surface area contributed by atoms with Gasteiger partial charge in [-0.25, -0.2) is 4.99 Å². The number of amides is 1. The van der Waals surface area contributed by atoms with Crippen molar-refractivity contribution >= 4 is 21.0 Å². The van der Waals surface area contributed by atoms with Gasteiger partial charge < -0.3 is 5.32 Å². The first kappa shape index (κ1) is 12.9. The summed E-state index contributed by atoms with van der Waals surface area (Å²) in [4.78, 5) is 17.5. The number of rotatable bonds is 2. The molecule has 0 radical (unpaired) electrons. The molecule has 1 aromatic rings. The van der Waals surface area contributed by atoms with Crippen molar-refractivity contribution in [3.63, 3.8) is 0 Å². The Morgan fingerprint density at radius 1 is 1.22 bits per heavy atom. The summed E-state index contributed by atoms with van der Waals surface area (Å²) in [6, 6.07) is 10.1. The minimum absolute atomic E-state index is 0.0119. The highest BCUT2D eigenvalue weighted by molar-refractivity contribution is 8.48. The molecule has 1 aromatic carbocycles. The lowest BCUT2D eigenvalue weighted by Crippen LogP contribution is -2.24. The Morgan fingerprint density at radius 2 is 1.83 bits per heavy atom. The first-order valence-corrected chi connectivity index (χ1v) is 8.24.